The number of carbonyl (C=O) groups excluding carboxylic acids is 1. The molecule has 0 N–H and O–H groups in total. The molecule has 2 aromatic carbocycles. The third-order valence-electron chi connectivity index (χ3n) is 3.53. The Morgan fingerprint density at radius 3 is 2.39 bits per heavy atom. The molecule has 0 amide bonds. The summed E-state index contributed by atoms with van der Waals surface area (Å²) in [6, 6.07) is 18.0. The first-order chi connectivity index (χ1) is 8.77. The van der Waals surface area contributed by atoms with E-state index < -0.39 is 5.38 Å². The van der Waals surface area contributed by atoms with Crippen molar-refractivity contribution in [1.29, 1.82) is 0 Å². The van der Waals surface area contributed by atoms with E-state index in [4.69, 9.17) is 11.6 Å². The van der Waals surface area contributed by atoms with Crippen LogP contribution in [0.4, 0.5) is 0 Å². The lowest BCUT2D eigenvalue weighted by atomic mass is 9.78. The van der Waals surface area contributed by atoms with Crippen LogP contribution in [0.1, 0.15) is 33.8 Å². The molecule has 1 nitrogen and oxygen atoms in total. The lowest BCUT2D eigenvalue weighted by Gasteiger charge is -2.27. The topological polar surface area (TPSA) is 17.1 Å². The molecular weight excluding hydrogens is 244 g/mol. The normalized spacial score (nSPS) is 22.6. The molecule has 2 atom stereocenters. The third kappa shape index (κ3) is 1.85. The number of halogens is 1. The summed E-state index contributed by atoms with van der Waals surface area (Å²) in [6.07, 6.45) is 0.682. The number of alkyl halides is 1. The molecule has 0 aliphatic heterocycles. The summed E-state index contributed by atoms with van der Waals surface area (Å²) in [6.45, 7) is 0. The van der Waals surface area contributed by atoms with Crippen LogP contribution < -0.4 is 0 Å². The van der Waals surface area contributed by atoms with E-state index in [0.717, 1.165) is 11.1 Å². The van der Waals surface area contributed by atoms with Gasteiger partial charge in [0.1, 0.15) is 0 Å². The molecule has 3 rings (SSSR count). The number of carbonyl (C=O) groups is 1. The predicted molar refractivity (Wildman–Crippen MR) is 73.3 cm³/mol. The SMILES string of the molecule is O=C1c2ccccc2[C@H](c2ccccc2)C[C@H]1Cl. The summed E-state index contributed by atoms with van der Waals surface area (Å²) >= 11 is 6.19. The zero-order valence-corrected chi connectivity index (χ0v) is 10.6. The van der Waals surface area contributed by atoms with Gasteiger partial charge in [-0.1, -0.05) is 54.6 Å². The highest BCUT2D eigenvalue weighted by molar-refractivity contribution is 6.34. The van der Waals surface area contributed by atoms with E-state index in [1.807, 2.05) is 42.5 Å². The van der Waals surface area contributed by atoms with Crippen molar-refractivity contribution in [3.05, 3.63) is 71.3 Å². The number of fused-ring (bicyclic) bond motifs is 1. The second kappa shape index (κ2) is 4.58. The molecule has 0 aromatic heterocycles. The molecule has 1 aliphatic rings. The lowest BCUT2D eigenvalue weighted by Crippen LogP contribution is -2.26. The van der Waals surface area contributed by atoms with Crippen molar-refractivity contribution < 1.29 is 4.79 Å². The van der Waals surface area contributed by atoms with Crippen molar-refractivity contribution in [3.8, 4) is 0 Å². The van der Waals surface area contributed by atoms with Gasteiger partial charge in [-0.05, 0) is 17.5 Å². The van der Waals surface area contributed by atoms with Crippen molar-refractivity contribution in [1.82, 2.24) is 0 Å². The molecule has 0 bridgehead atoms. The van der Waals surface area contributed by atoms with Crippen molar-refractivity contribution in [2.24, 2.45) is 0 Å². The van der Waals surface area contributed by atoms with Gasteiger partial charge in [-0.15, -0.1) is 11.6 Å². The highest BCUT2D eigenvalue weighted by Crippen LogP contribution is 2.38. The number of rotatable bonds is 1. The average Bonchev–Trinajstić information content (AvgIpc) is 2.44. The second-order valence-corrected chi connectivity index (χ2v) is 5.14. The van der Waals surface area contributed by atoms with E-state index in [1.54, 1.807) is 0 Å². The second-order valence-electron chi connectivity index (χ2n) is 4.62. The molecule has 0 fully saturated rings. The van der Waals surface area contributed by atoms with Crippen LogP contribution in [-0.4, -0.2) is 11.2 Å². The molecule has 0 spiro atoms. The molecule has 0 heterocycles. The van der Waals surface area contributed by atoms with Gasteiger partial charge in [0.05, 0.1) is 5.38 Å². The van der Waals surface area contributed by atoms with E-state index in [0.29, 0.717) is 6.42 Å². The summed E-state index contributed by atoms with van der Waals surface area (Å²) in [5, 5.41) is -0.412. The predicted octanol–water partition coefficient (Wildman–Crippen LogP) is 4.01. The summed E-state index contributed by atoms with van der Waals surface area (Å²) in [5.74, 6) is 0.280. The first kappa shape index (κ1) is 11.5. The smallest absolute Gasteiger partial charge is 0.180 e. The maximum atomic E-state index is 12.1. The molecule has 0 saturated carbocycles. The average molecular weight is 257 g/mol. The Hall–Kier alpha value is -1.60. The Morgan fingerprint density at radius 2 is 1.61 bits per heavy atom. The van der Waals surface area contributed by atoms with Crippen LogP contribution >= 0.6 is 11.6 Å². The molecule has 1 aliphatic carbocycles. The number of benzene rings is 2. The molecular formula is C16H13ClO. The summed E-state index contributed by atoms with van der Waals surface area (Å²) in [4.78, 5) is 12.1. The number of ketones is 1. The third-order valence-corrected chi connectivity index (χ3v) is 3.91. The van der Waals surface area contributed by atoms with Crippen LogP contribution in [0.25, 0.3) is 0 Å². The zero-order chi connectivity index (χ0) is 12.5. The van der Waals surface area contributed by atoms with Gasteiger partial charge in [-0.25, -0.2) is 0 Å². The van der Waals surface area contributed by atoms with Gasteiger partial charge in [0.15, 0.2) is 5.78 Å². The maximum Gasteiger partial charge on any atom is 0.180 e. The van der Waals surface area contributed by atoms with Crippen LogP contribution in [0.15, 0.2) is 54.6 Å². The molecule has 18 heavy (non-hydrogen) atoms. The number of hydrogen-bond acceptors (Lipinski definition) is 1. The minimum Gasteiger partial charge on any atom is -0.292 e. The molecule has 0 saturated heterocycles. The van der Waals surface area contributed by atoms with Gasteiger partial charge in [0.25, 0.3) is 0 Å². The summed E-state index contributed by atoms with van der Waals surface area (Å²) < 4.78 is 0. The minimum absolute atomic E-state index is 0.0550. The largest absolute Gasteiger partial charge is 0.292 e. The number of hydrogen-bond donors (Lipinski definition) is 0. The molecule has 90 valence electrons. The fourth-order valence-corrected chi connectivity index (χ4v) is 2.93. The highest BCUT2D eigenvalue weighted by atomic mass is 35.5. The summed E-state index contributed by atoms with van der Waals surface area (Å²) in [5.41, 5.74) is 3.10. The first-order valence-corrected chi connectivity index (χ1v) is 6.53. The van der Waals surface area contributed by atoms with E-state index in [1.165, 1.54) is 5.56 Å². The van der Waals surface area contributed by atoms with Gasteiger partial charge >= 0.3 is 0 Å². The fourth-order valence-electron chi connectivity index (χ4n) is 2.64. The van der Waals surface area contributed by atoms with Gasteiger partial charge in [0.2, 0.25) is 0 Å². The van der Waals surface area contributed by atoms with Crippen molar-refractivity contribution in [2.75, 3.05) is 0 Å². The van der Waals surface area contributed by atoms with Crippen LogP contribution in [0.2, 0.25) is 0 Å². The first-order valence-electron chi connectivity index (χ1n) is 6.09. The highest BCUT2D eigenvalue weighted by Gasteiger charge is 2.32. The molecule has 0 unspecified atom stereocenters. The van der Waals surface area contributed by atoms with Crippen LogP contribution in [0.5, 0.6) is 0 Å². The zero-order valence-electron chi connectivity index (χ0n) is 9.84. The molecule has 2 heteroatoms. The van der Waals surface area contributed by atoms with E-state index >= 15 is 0 Å². The minimum atomic E-state index is -0.412. The Kier molecular flexibility index (Phi) is 2.92. The van der Waals surface area contributed by atoms with E-state index in [9.17, 15) is 4.79 Å². The van der Waals surface area contributed by atoms with Gasteiger partial charge in [0, 0.05) is 11.5 Å². The van der Waals surface area contributed by atoms with Crippen molar-refractivity contribution >= 4 is 17.4 Å². The molecule has 0 radical (unpaired) electrons. The van der Waals surface area contributed by atoms with Crippen LogP contribution in [-0.2, 0) is 0 Å². The Bertz CT molecular complexity index is 577. The van der Waals surface area contributed by atoms with E-state index in [-0.39, 0.29) is 11.7 Å². The van der Waals surface area contributed by atoms with Crippen molar-refractivity contribution in [2.45, 2.75) is 17.7 Å². The van der Waals surface area contributed by atoms with E-state index in [2.05, 4.69) is 12.1 Å². The molecule has 2 aromatic rings. The quantitative estimate of drug-likeness (QED) is 0.705. The van der Waals surface area contributed by atoms with Gasteiger partial charge < -0.3 is 0 Å². The fraction of sp³-hybridized carbons (Fsp3) is 0.188. The lowest BCUT2D eigenvalue weighted by molar-refractivity contribution is 0.0974. The number of Topliss-reactive ketones (excluding diaryl/α,β-unsaturated/α-hetero) is 1. The Morgan fingerprint density at radius 1 is 0.944 bits per heavy atom. The standard InChI is InChI=1S/C16H13ClO/c17-15-10-14(11-6-2-1-3-7-11)12-8-4-5-9-13(12)16(15)18/h1-9,14-15H,10H2/t14-,15+/m0/s1. The van der Waals surface area contributed by atoms with Crippen LogP contribution in [0.3, 0.4) is 0 Å². The van der Waals surface area contributed by atoms with Gasteiger partial charge in [-0.2, -0.15) is 0 Å². The Balaban J connectivity index is 2.13. The van der Waals surface area contributed by atoms with Gasteiger partial charge in [-0.3, -0.25) is 4.79 Å². The monoisotopic (exact) mass is 256 g/mol. The maximum absolute atomic E-state index is 12.1. The van der Waals surface area contributed by atoms with Crippen LogP contribution in [0, 0.1) is 0 Å². The Labute approximate surface area is 111 Å². The van der Waals surface area contributed by atoms with Crippen molar-refractivity contribution in [3.63, 3.8) is 0 Å². The summed E-state index contributed by atoms with van der Waals surface area (Å²) in [7, 11) is 0.